The highest BCUT2D eigenvalue weighted by molar-refractivity contribution is 8.03. The van der Waals surface area contributed by atoms with E-state index in [0.717, 1.165) is 29.9 Å². The Morgan fingerprint density at radius 2 is 2.11 bits per heavy atom. The van der Waals surface area contributed by atoms with Crippen LogP contribution in [0.1, 0.15) is 38.2 Å². The smallest absolute Gasteiger partial charge is 0.141 e. The Balaban J connectivity index is 3.03. The van der Waals surface area contributed by atoms with E-state index in [4.69, 9.17) is 33.2 Å². The van der Waals surface area contributed by atoms with Crippen LogP contribution in [0.4, 0.5) is 0 Å². The maximum atomic E-state index is 8.60. The summed E-state index contributed by atoms with van der Waals surface area (Å²) >= 11 is 13.6. The van der Waals surface area contributed by atoms with Crippen LogP contribution in [0.2, 0.25) is 10.0 Å². The average Bonchev–Trinajstić information content (AvgIpc) is 2.38. The number of halogens is 2. The van der Waals surface area contributed by atoms with Gasteiger partial charge in [0.25, 0.3) is 0 Å². The predicted molar refractivity (Wildman–Crippen MR) is 83.4 cm³/mol. The van der Waals surface area contributed by atoms with Crippen molar-refractivity contribution in [2.45, 2.75) is 32.6 Å². The lowest BCUT2D eigenvalue weighted by atomic mass is 9.93. The van der Waals surface area contributed by atoms with Crippen LogP contribution >= 0.6 is 35.0 Å². The minimum atomic E-state index is 0.304. The molecule has 0 aliphatic heterocycles. The molecular formula is C14H17Cl2NOS. The molecule has 1 aromatic carbocycles. The van der Waals surface area contributed by atoms with E-state index < -0.39 is 0 Å². The third kappa shape index (κ3) is 4.80. The second-order valence-electron chi connectivity index (χ2n) is 4.07. The fourth-order valence-electron chi connectivity index (χ4n) is 2.01. The highest BCUT2D eigenvalue weighted by Gasteiger charge is 2.18. The first-order valence-electron chi connectivity index (χ1n) is 6.26. The van der Waals surface area contributed by atoms with Crippen molar-refractivity contribution in [3.8, 4) is 11.2 Å². The number of benzene rings is 1. The zero-order valence-corrected chi connectivity index (χ0v) is 13.4. The fourth-order valence-corrected chi connectivity index (χ4v) is 3.06. The first-order chi connectivity index (χ1) is 9.13. The minimum Gasteiger partial charge on any atom is -0.492 e. The molecule has 5 heteroatoms. The fraction of sp³-hybridized carbons (Fsp3) is 0.500. The number of thioether (sulfide) groups is 1. The minimum absolute atomic E-state index is 0.304. The number of thiocyanates is 1. The van der Waals surface area contributed by atoms with Gasteiger partial charge in [0.1, 0.15) is 11.2 Å². The average molecular weight is 318 g/mol. The Morgan fingerprint density at radius 1 is 1.37 bits per heavy atom. The summed E-state index contributed by atoms with van der Waals surface area (Å²) in [4.78, 5) is 0. The second-order valence-corrected chi connectivity index (χ2v) is 5.80. The van der Waals surface area contributed by atoms with Gasteiger partial charge in [-0.15, -0.1) is 0 Å². The Kier molecular flexibility index (Phi) is 7.45. The molecule has 0 bridgehead atoms. The van der Waals surface area contributed by atoms with E-state index in [1.165, 1.54) is 11.8 Å². The van der Waals surface area contributed by atoms with Crippen LogP contribution < -0.4 is 4.74 Å². The Hall–Kier alpha value is -0.560. The van der Waals surface area contributed by atoms with Crippen molar-refractivity contribution in [3.63, 3.8) is 0 Å². The van der Waals surface area contributed by atoms with Crippen LogP contribution in [0.3, 0.4) is 0 Å². The van der Waals surface area contributed by atoms with Crippen molar-refractivity contribution >= 4 is 35.0 Å². The van der Waals surface area contributed by atoms with E-state index in [1.54, 1.807) is 6.07 Å². The molecule has 1 atom stereocenters. The molecule has 0 saturated carbocycles. The molecule has 0 aliphatic rings. The van der Waals surface area contributed by atoms with Crippen LogP contribution in [-0.4, -0.2) is 12.4 Å². The van der Waals surface area contributed by atoms with E-state index in [9.17, 15) is 0 Å². The first-order valence-corrected chi connectivity index (χ1v) is 8.00. The lowest BCUT2D eigenvalue weighted by Crippen LogP contribution is -2.04. The molecule has 0 N–H and O–H groups in total. The molecule has 0 aromatic heterocycles. The third-order valence-corrected chi connectivity index (χ3v) is 3.96. The quantitative estimate of drug-likeness (QED) is 0.492. The summed E-state index contributed by atoms with van der Waals surface area (Å²) in [7, 11) is 0. The number of hydrogen-bond donors (Lipinski definition) is 0. The molecule has 0 spiro atoms. The first kappa shape index (κ1) is 16.5. The Bertz CT molecular complexity index is 459. The summed E-state index contributed by atoms with van der Waals surface area (Å²) in [6.45, 7) is 4.62. The zero-order valence-electron chi connectivity index (χ0n) is 11.1. The summed E-state index contributed by atoms with van der Waals surface area (Å²) in [5, 5.41) is 11.9. The van der Waals surface area contributed by atoms with Gasteiger partial charge >= 0.3 is 0 Å². The molecular weight excluding hydrogens is 301 g/mol. The van der Waals surface area contributed by atoms with Gasteiger partial charge in [0.15, 0.2) is 0 Å². The van der Waals surface area contributed by atoms with Crippen molar-refractivity contribution < 1.29 is 4.74 Å². The van der Waals surface area contributed by atoms with Crippen molar-refractivity contribution in [1.82, 2.24) is 0 Å². The number of nitriles is 1. The van der Waals surface area contributed by atoms with Crippen LogP contribution in [0.15, 0.2) is 12.1 Å². The molecule has 19 heavy (non-hydrogen) atoms. The van der Waals surface area contributed by atoms with Gasteiger partial charge in [-0.05, 0) is 49.6 Å². The molecule has 0 saturated heterocycles. The van der Waals surface area contributed by atoms with E-state index in [-0.39, 0.29) is 0 Å². The third-order valence-electron chi connectivity index (χ3n) is 2.89. The molecule has 0 aliphatic carbocycles. The summed E-state index contributed by atoms with van der Waals surface area (Å²) < 4.78 is 5.65. The van der Waals surface area contributed by atoms with Crippen molar-refractivity contribution in [2.75, 3.05) is 12.4 Å². The largest absolute Gasteiger partial charge is 0.492 e. The molecule has 2 nitrogen and oxygen atoms in total. The van der Waals surface area contributed by atoms with Gasteiger partial charge in [0.05, 0.1) is 11.6 Å². The maximum absolute atomic E-state index is 8.60. The maximum Gasteiger partial charge on any atom is 0.141 e. The summed E-state index contributed by atoms with van der Waals surface area (Å²) in [6.07, 6.45) is 1.87. The second kappa shape index (κ2) is 8.58. The van der Waals surface area contributed by atoms with Crippen LogP contribution in [0.25, 0.3) is 0 Å². The number of nitrogens with zero attached hydrogens (tertiary/aromatic N) is 1. The van der Waals surface area contributed by atoms with E-state index in [0.29, 0.717) is 22.6 Å². The topological polar surface area (TPSA) is 33.0 Å². The zero-order chi connectivity index (χ0) is 14.3. The normalized spacial score (nSPS) is 11.9. The monoisotopic (exact) mass is 317 g/mol. The Labute approximate surface area is 129 Å². The van der Waals surface area contributed by atoms with Gasteiger partial charge in [-0.2, -0.15) is 5.26 Å². The van der Waals surface area contributed by atoms with E-state index in [2.05, 4.69) is 12.3 Å². The standard InChI is InChI=1S/C14H17Cl2NOS/c1-3-10(5-6-19-9-17)12-7-11(15)8-13(16)14(12)18-4-2/h7-8,10H,3-6H2,1-2H3. The van der Waals surface area contributed by atoms with E-state index >= 15 is 0 Å². The van der Waals surface area contributed by atoms with Crippen molar-refractivity contribution in [2.24, 2.45) is 0 Å². The number of ether oxygens (including phenoxy) is 1. The van der Waals surface area contributed by atoms with Gasteiger partial charge in [-0.25, -0.2) is 0 Å². The highest BCUT2D eigenvalue weighted by Crippen LogP contribution is 2.39. The molecule has 0 amide bonds. The van der Waals surface area contributed by atoms with Gasteiger partial charge in [-0.1, -0.05) is 30.1 Å². The molecule has 1 unspecified atom stereocenters. The highest BCUT2D eigenvalue weighted by atomic mass is 35.5. The summed E-state index contributed by atoms with van der Waals surface area (Å²) in [6, 6.07) is 3.62. The Morgan fingerprint density at radius 3 is 2.68 bits per heavy atom. The van der Waals surface area contributed by atoms with Crippen LogP contribution in [0, 0.1) is 10.7 Å². The molecule has 1 aromatic rings. The van der Waals surface area contributed by atoms with Crippen LogP contribution in [-0.2, 0) is 0 Å². The lowest BCUT2D eigenvalue weighted by molar-refractivity contribution is 0.333. The summed E-state index contributed by atoms with van der Waals surface area (Å²) in [5.41, 5.74) is 1.04. The van der Waals surface area contributed by atoms with Gasteiger partial charge in [0, 0.05) is 16.3 Å². The summed E-state index contributed by atoms with van der Waals surface area (Å²) in [5.74, 6) is 1.83. The SMILES string of the molecule is CCOc1c(Cl)cc(Cl)cc1C(CC)CCSC#N. The molecule has 0 fully saturated rings. The van der Waals surface area contributed by atoms with Gasteiger partial charge in [0.2, 0.25) is 0 Å². The number of hydrogen-bond acceptors (Lipinski definition) is 3. The van der Waals surface area contributed by atoms with Crippen molar-refractivity contribution in [3.05, 3.63) is 27.7 Å². The molecule has 0 heterocycles. The molecule has 1 rings (SSSR count). The molecule has 0 radical (unpaired) electrons. The molecule has 104 valence electrons. The van der Waals surface area contributed by atoms with Crippen molar-refractivity contribution in [1.29, 1.82) is 5.26 Å². The van der Waals surface area contributed by atoms with Crippen LogP contribution in [0.5, 0.6) is 5.75 Å². The lowest BCUT2D eigenvalue weighted by Gasteiger charge is -2.20. The van der Waals surface area contributed by atoms with Gasteiger partial charge < -0.3 is 4.74 Å². The predicted octanol–water partition coefficient (Wildman–Crippen LogP) is 5.49. The number of rotatable bonds is 7. The van der Waals surface area contributed by atoms with Gasteiger partial charge in [-0.3, -0.25) is 0 Å². The van der Waals surface area contributed by atoms with E-state index in [1.807, 2.05) is 13.0 Å².